The van der Waals surface area contributed by atoms with Crippen LogP contribution in [0.5, 0.6) is 0 Å². The summed E-state index contributed by atoms with van der Waals surface area (Å²) in [5.74, 6) is 0.379. The van der Waals surface area contributed by atoms with E-state index in [0.717, 1.165) is 28.0 Å². The van der Waals surface area contributed by atoms with E-state index < -0.39 is 0 Å². The fourth-order valence-corrected chi connectivity index (χ4v) is 3.37. The summed E-state index contributed by atoms with van der Waals surface area (Å²) in [5.41, 5.74) is 8.43. The van der Waals surface area contributed by atoms with Gasteiger partial charge in [0.1, 0.15) is 0 Å². The summed E-state index contributed by atoms with van der Waals surface area (Å²) in [6.07, 6.45) is 6.83. The first-order valence-electron chi connectivity index (χ1n) is 9.20. The highest BCUT2D eigenvalue weighted by molar-refractivity contribution is 6.11. The first-order chi connectivity index (χ1) is 14.0. The summed E-state index contributed by atoms with van der Waals surface area (Å²) in [6, 6.07) is 11.1. The van der Waals surface area contributed by atoms with Crippen LogP contribution >= 0.6 is 0 Å². The Kier molecular flexibility index (Phi) is 4.87. The van der Waals surface area contributed by atoms with E-state index in [2.05, 4.69) is 25.5 Å². The Labute approximate surface area is 168 Å². The van der Waals surface area contributed by atoms with E-state index in [4.69, 9.17) is 0 Å². The number of carbonyl (C=O) groups is 1. The number of hydrogen-bond donors (Lipinski definition) is 1. The van der Waals surface area contributed by atoms with Crippen molar-refractivity contribution in [3.8, 4) is 0 Å². The molecule has 0 aliphatic rings. The predicted molar refractivity (Wildman–Crippen MR) is 113 cm³/mol. The number of carbonyl (C=O) groups excluding carboxylic acids is 1. The quantitative estimate of drug-likeness (QED) is 0.322. The molecule has 4 aromatic rings. The number of nitrogens with zero attached hydrogens (tertiary/aromatic N) is 5. The van der Waals surface area contributed by atoms with Crippen LogP contribution in [0.4, 0.5) is 5.95 Å². The van der Waals surface area contributed by atoms with Crippen LogP contribution in [0.2, 0.25) is 0 Å². The highest BCUT2D eigenvalue weighted by Gasteiger charge is 2.20. The lowest BCUT2D eigenvalue weighted by atomic mass is 10.1. The van der Waals surface area contributed by atoms with Crippen molar-refractivity contribution in [1.29, 1.82) is 0 Å². The first-order valence-corrected chi connectivity index (χ1v) is 9.20. The van der Waals surface area contributed by atoms with Crippen LogP contribution in [0.3, 0.4) is 0 Å². The lowest BCUT2D eigenvalue weighted by molar-refractivity contribution is 0.103. The second-order valence-electron chi connectivity index (χ2n) is 6.75. The minimum atomic E-state index is -0.0589. The first kappa shape index (κ1) is 18.5. The average molecular weight is 384 g/mol. The fourth-order valence-electron chi connectivity index (χ4n) is 3.37. The Morgan fingerprint density at radius 3 is 2.52 bits per heavy atom. The van der Waals surface area contributed by atoms with Crippen molar-refractivity contribution in [3.63, 3.8) is 0 Å². The maximum absolute atomic E-state index is 13.1. The molecule has 0 unspecified atom stereocenters. The summed E-state index contributed by atoms with van der Waals surface area (Å²) in [6.45, 7) is 5.74. The van der Waals surface area contributed by atoms with E-state index in [1.54, 1.807) is 30.7 Å². The molecular formula is C22H20N6O. The molecule has 0 amide bonds. The topological polar surface area (TPSA) is 84.5 Å². The van der Waals surface area contributed by atoms with Gasteiger partial charge in [-0.3, -0.25) is 9.78 Å². The number of hydrazone groups is 1. The van der Waals surface area contributed by atoms with E-state index in [-0.39, 0.29) is 5.78 Å². The molecular weight excluding hydrogens is 364 g/mol. The Balaban J connectivity index is 1.73. The molecule has 29 heavy (non-hydrogen) atoms. The molecule has 0 aliphatic carbocycles. The van der Waals surface area contributed by atoms with Gasteiger partial charge in [0.25, 0.3) is 0 Å². The lowest BCUT2D eigenvalue weighted by Gasteiger charge is -2.03. The van der Waals surface area contributed by atoms with Crippen molar-refractivity contribution < 1.29 is 4.79 Å². The fraction of sp³-hybridized carbons (Fsp3) is 0.136. The van der Waals surface area contributed by atoms with Gasteiger partial charge in [-0.2, -0.15) is 5.10 Å². The molecule has 144 valence electrons. The number of pyridine rings is 2. The summed E-state index contributed by atoms with van der Waals surface area (Å²) in [7, 11) is 0. The van der Waals surface area contributed by atoms with E-state index in [1.165, 1.54) is 0 Å². The van der Waals surface area contributed by atoms with Gasteiger partial charge in [0, 0.05) is 41.1 Å². The second kappa shape index (κ2) is 7.63. The highest BCUT2D eigenvalue weighted by Crippen LogP contribution is 2.24. The Morgan fingerprint density at radius 2 is 1.79 bits per heavy atom. The largest absolute Gasteiger partial charge is 0.313 e. The van der Waals surface area contributed by atoms with E-state index in [0.29, 0.717) is 17.2 Å². The molecule has 0 fully saturated rings. The number of aryl methyl sites for hydroxylation is 2. The van der Waals surface area contributed by atoms with Crippen LogP contribution in [-0.4, -0.2) is 31.4 Å². The Morgan fingerprint density at radius 1 is 1.07 bits per heavy atom. The molecule has 4 heterocycles. The molecule has 0 saturated carbocycles. The number of hydrogen-bond acceptors (Lipinski definition) is 6. The van der Waals surface area contributed by atoms with Gasteiger partial charge in [-0.1, -0.05) is 6.07 Å². The van der Waals surface area contributed by atoms with Crippen LogP contribution in [0, 0.1) is 20.8 Å². The van der Waals surface area contributed by atoms with E-state index in [9.17, 15) is 4.79 Å². The summed E-state index contributed by atoms with van der Waals surface area (Å²) < 4.78 is 1.90. The molecule has 4 rings (SSSR count). The summed E-state index contributed by atoms with van der Waals surface area (Å²) >= 11 is 0. The highest BCUT2D eigenvalue weighted by atomic mass is 16.1. The molecule has 0 aliphatic heterocycles. The van der Waals surface area contributed by atoms with Crippen LogP contribution in [0.1, 0.15) is 38.6 Å². The molecule has 0 atom stereocenters. The minimum Gasteiger partial charge on any atom is -0.313 e. The maximum atomic E-state index is 13.1. The van der Waals surface area contributed by atoms with Gasteiger partial charge in [-0.15, -0.1) is 0 Å². The van der Waals surface area contributed by atoms with Crippen molar-refractivity contribution in [1.82, 2.24) is 19.4 Å². The summed E-state index contributed by atoms with van der Waals surface area (Å²) in [4.78, 5) is 25.8. The number of fused-ring (bicyclic) bond motifs is 1. The molecule has 4 aromatic heterocycles. The molecule has 7 nitrogen and oxygen atoms in total. The molecule has 1 N–H and O–H groups in total. The molecule has 7 heteroatoms. The van der Waals surface area contributed by atoms with Gasteiger partial charge in [-0.25, -0.2) is 15.4 Å². The molecule has 0 saturated heterocycles. The number of anilines is 1. The normalized spacial score (nSPS) is 11.3. The van der Waals surface area contributed by atoms with Crippen LogP contribution in [-0.2, 0) is 0 Å². The van der Waals surface area contributed by atoms with Crippen LogP contribution < -0.4 is 5.43 Å². The maximum Gasteiger partial charge on any atom is 0.243 e. The Bertz CT molecular complexity index is 1210. The standard InChI is InChI=1S/C22H20N6O/c1-14-12-15(2)26-22(25-14)27-24-13-18-16(3)20(28-11-5-4-6-19(18)28)21(29)17-7-9-23-10-8-17/h4-13H,1-3H3,(H,25,26,27)/b24-13+. The van der Waals surface area contributed by atoms with Gasteiger partial charge in [0.15, 0.2) is 0 Å². The van der Waals surface area contributed by atoms with Crippen molar-refractivity contribution in [2.45, 2.75) is 20.8 Å². The third-order valence-electron chi connectivity index (χ3n) is 4.63. The predicted octanol–water partition coefficient (Wildman–Crippen LogP) is 3.73. The molecule has 0 spiro atoms. The molecule has 0 radical (unpaired) electrons. The molecule has 0 bridgehead atoms. The SMILES string of the molecule is Cc1cc(C)nc(N/N=C/c2c(C)c(C(=O)c3ccncc3)n3ccccc23)n1. The Hall–Kier alpha value is -3.87. The van der Waals surface area contributed by atoms with Gasteiger partial charge < -0.3 is 4.40 Å². The van der Waals surface area contributed by atoms with E-state index in [1.807, 2.05) is 55.6 Å². The van der Waals surface area contributed by atoms with E-state index >= 15 is 0 Å². The summed E-state index contributed by atoms with van der Waals surface area (Å²) in [5, 5.41) is 4.32. The van der Waals surface area contributed by atoms with Gasteiger partial charge in [0.2, 0.25) is 11.7 Å². The van der Waals surface area contributed by atoms with Crippen LogP contribution in [0.15, 0.2) is 60.1 Å². The van der Waals surface area contributed by atoms with Gasteiger partial charge in [-0.05, 0) is 56.7 Å². The minimum absolute atomic E-state index is 0.0589. The number of rotatable bonds is 5. The zero-order chi connectivity index (χ0) is 20.4. The van der Waals surface area contributed by atoms with Crippen molar-refractivity contribution in [3.05, 3.63) is 88.8 Å². The zero-order valence-electron chi connectivity index (χ0n) is 16.4. The number of ketones is 1. The number of nitrogens with one attached hydrogen (secondary N) is 1. The van der Waals surface area contributed by atoms with Gasteiger partial charge in [0.05, 0.1) is 17.4 Å². The van der Waals surface area contributed by atoms with Crippen molar-refractivity contribution in [2.75, 3.05) is 5.43 Å². The van der Waals surface area contributed by atoms with Crippen molar-refractivity contribution >= 4 is 23.5 Å². The third-order valence-corrected chi connectivity index (χ3v) is 4.63. The second-order valence-corrected chi connectivity index (χ2v) is 6.75. The van der Waals surface area contributed by atoms with Gasteiger partial charge >= 0.3 is 0 Å². The van der Waals surface area contributed by atoms with Crippen molar-refractivity contribution in [2.24, 2.45) is 5.10 Å². The third kappa shape index (κ3) is 3.62. The van der Waals surface area contributed by atoms with Crippen LogP contribution in [0.25, 0.3) is 5.52 Å². The molecule has 0 aromatic carbocycles. The zero-order valence-corrected chi connectivity index (χ0v) is 16.4. The smallest absolute Gasteiger partial charge is 0.243 e. The lowest BCUT2D eigenvalue weighted by Crippen LogP contribution is -2.06. The number of aromatic nitrogens is 4. The average Bonchev–Trinajstić information content (AvgIpc) is 2.99. The monoisotopic (exact) mass is 384 g/mol.